The average molecular weight is 264 g/mol. The van der Waals surface area contributed by atoms with Gasteiger partial charge in [-0.2, -0.15) is 0 Å². The third-order valence-electron chi connectivity index (χ3n) is 4.34. The molecule has 0 heteroatoms. The van der Waals surface area contributed by atoms with E-state index in [1.807, 2.05) is 0 Å². The van der Waals surface area contributed by atoms with E-state index in [2.05, 4.69) is 81.2 Å². The van der Waals surface area contributed by atoms with Gasteiger partial charge in [0.2, 0.25) is 0 Å². The van der Waals surface area contributed by atoms with Crippen LogP contribution in [0.3, 0.4) is 0 Å². The van der Waals surface area contributed by atoms with E-state index < -0.39 is 0 Å². The molecule has 0 saturated heterocycles. The zero-order valence-electron chi connectivity index (χ0n) is 12.8. The second kappa shape index (κ2) is 6.62. The monoisotopic (exact) mass is 264 g/mol. The number of benzene rings is 1. The molecular weight excluding hydrogens is 240 g/mol. The van der Waals surface area contributed by atoms with Gasteiger partial charge >= 0.3 is 0 Å². The Morgan fingerprint density at radius 1 is 1.20 bits per heavy atom. The van der Waals surface area contributed by atoms with Crippen molar-refractivity contribution in [3.05, 3.63) is 59.7 Å². The van der Waals surface area contributed by atoms with Crippen LogP contribution in [0, 0.1) is 23.2 Å². The predicted molar refractivity (Wildman–Crippen MR) is 87.3 cm³/mol. The molecule has 0 amide bonds. The lowest BCUT2D eigenvalue weighted by Crippen LogP contribution is -2.21. The van der Waals surface area contributed by atoms with Gasteiger partial charge in [-0.25, -0.2) is 0 Å². The zero-order chi connectivity index (χ0) is 14.4. The highest BCUT2D eigenvalue weighted by Crippen LogP contribution is 2.36. The van der Waals surface area contributed by atoms with E-state index in [-0.39, 0.29) is 0 Å². The van der Waals surface area contributed by atoms with Gasteiger partial charge in [0.15, 0.2) is 0 Å². The Morgan fingerprint density at radius 2 is 1.95 bits per heavy atom. The molecule has 0 saturated carbocycles. The van der Waals surface area contributed by atoms with Crippen LogP contribution in [-0.4, -0.2) is 0 Å². The van der Waals surface area contributed by atoms with Crippen LogP contribution in [-0.2, 0) is 6.42 Å². The summed E-state index contributed by atoms with van der Waals surface area (Å²) in [6, 6.07) is 10.5. The van der Waals surface area contributed by atoms with Crippen LogP contribution in [0.2, 0.25) is 0 Å². The molecule has 104 valence electrons. The van der Waals surface area contributed by atoms with Gasteiger partial charge in [0.25, 0.3) is 0 Å². The number of rotatable bonds is 3. The van der Waals surface area contributed by atoms with Crippen molar-refractivity contribution < 1.29 is 0 Å². The summed E-state index contributed by atoms with van der Waals surface area (Å²) in [5, 5.41) is 0. The van der Waals surface area contributed by atoms with Gasteiger partial charge in [-0.1, -0.05) is 81.2 Å². The molecule has 0 aliphatic heterocycles. The van der Waals surface area contributed by atoms with E-state index in [1.165, 1.54) is 11.1 Å². The van der Waals surface area contributed by atoms with Crippen molar-refractivity contribution in [3.63, 3.8) is 0 Å². The molecule has 0 heterocycles. The van der Waals surface area contributed by atoms with Crippen molar-refractivity contribution in [2.24, 2.45) is 11.3 Å². The van der Waals surface area contributed by atoms with Crippen molar-refractivity contribution >= 4 is 0 Å². The van der Waals surface area contributed by atoms with E-state index in [9.17, 15) is 0 Å². The molecule has 0 nitrogen and oxygen atoms in total. The summed E-state index contributed by atoms with van der Waals surface area (Å²) in [6.45, 7) is 6.90. The largest absolute Gasteiger partial charge is 0.0976 e. The minimum Gasteiger partial charge on any atom is -0.0976 e. The van der Waals surface area contributed by atoms with Gasteiger partial charge in [0.1, 0.15) is 0 Å². The molecule has 1 aliphatic carbocycles. The predicted octanol–water partition coefficient (Wildman–Crippen LogP) is 5.17. The van der Waals surface area contributed by atoms with E-state index in [0.29, 0.717) is 11.3 Å². The smallest absolute Gasteiger partial charge is 0.0202 e. The summed E-state index contributed by atoms with van der Waals surface area (Å²) in [5.74, 6) is 7.25. The summed E-state index contributed by atoms with van der Waals surface area (Å²) in [5.41, 5.74) is 2.84. The molecule has 20 heavy (non-hydrogen) atoms. The quantitative estimate of drug-likeness (QED) is 0.661. The maximum Gasteiger partial charge on any atom is 0.0202 e. The molecule has 1 aromatic rings. The summed E-state index contributed by atoms with van der Waals surface area (Å²) >= 11 is 0. The average Bonchev–Trinajstić information content (AvgIpc) is 2.46. The molecule has 0 spiro atoms. The first-order chi connectivity index (χ1) is 9.60. The number of aryl methyl sites for hydroxylation is 1. The molecule has 1 aromatic carbocycles. The molecule has 1 aliphatic rings. The first-order valence-corrected chi connectivity index (χ1v) is 7.52. The van der Waals surface area contributed by atoms with Crippen LogP contribution in [0.1, 0.15) is 39.2 Å². The lowest BCUT2D eigenvalue weighted by atomic mass is 9.73. The van der Waals surface area contributed by atoms with Gasteiger partial charge in [0.05, 0.1) is 0 Å². The summed E-state index contributed by atoms with van der Waals surface area (Å²) in [7, 11) is 0. The minimum absolute atomic E-state index is 0.301. The second-order valence-electron chi connectivity index (χ2n) is 6.14. The molecule has 0 radical (unpaired) electrons. The number of allylic oxidation sites excluding steroid dienone is 4. The minimum atomic E-state index is 0.301. The summed E-state index contributed by atoms with van der Waals surface area (Å²) in [6.07, 6.45) is 9.88. The second-order valence-corrected chi connectivity index (χ2v) is 6.14. The highest BCUT2D eigenvalue weighted by molar-refractivity contribution is 5.41. The van der Waals surface area contributed by atoms with Gasteiger partial charge in [0, 0.05) is 12.0 Å². The SMILES string of the molecule is CC(C)C1(C)C=CC(C#CCCc2ccccc2)=CC1. The van der Waals surface area contributed by atoms with E-state index in [4.69, 9.17) is 0 Å². The van der Waals surface area contributed by atoms with Crippen LogP contribution >= 0.6 is 0 Å². The fraction of sp³-hybridized carbons (Fsp3) is 0.400. The Labute approximate surface area is 123 Å². The van der Waals surface area contributed by atoms with Crippen LogP contribution in [0.25, 0.3) is 0 Å². The van der Waals surface area contributed by atoms with Crippen molar-refractivity contribution in [1.82, 2.24) is 0 Å². The molecule has 1 atom stereocenters. The van der Waals surface area contributed by atoms with Gasteiger partial charge < -0.3 is 0 Å². The van der Waals surface area contributed by atoms with Crippen LogP contribution in [0.5, 0.6) is 0 Å². The lowest BCUT2D eigenvalue weighted by Gasteiger charge is -2.31. The van der Waals surface area contributed by atoms with E-state index in [1.54, 1.807) is 0 Å². The fourth-order valence-electron chi connectivity index (χ4n) is 2.28. The Bertz CT molecular complexity index is 549. The fourth-order valence-corrected chi connectivity index (χ4v) is 2.28. The van der Waals surface area contributed by atoms with E-state index in [0.717, 1.165) is 19.3 Å². The van der Waals surface area contributed by atoms with Crippen LogP contribution in [0.15, 0.2) is 54.1 Å². The molecule has 0 fully saturated rings. The number of hydrogen-bond donors (Lipinski definition) is 0. The van der Waals surface area contributed by atoms with Crippen LogP contribution < -0.4 is 0 Å². The standard InChI is InChI=1S/C20H24/c1-17(2)20(3)15-13-19(14-16-20)12-8-7-11-18-9-5-4-6-10-18/h4-6,9-10,13-15,17H,7,11,16H2,1-3H3. The summed E-state index contributed by atoms with van der Waals surface area (Å²) < 4.78 is 0. The molecular formula is C20H24. The molecule has 0 aromatic heterocycles. The molecule has 0 bridgehead atoms. The Hall–Kier alpha value is -1.74. The topological polar surface area (TPSA) is 0 Å². The van der Waals surface area contributed by atoms with Crippen molar-refractivity contribution in [2.45, 2.75) is 40.0 Å². The summed E-state index contributed by atoms with van der Waals surface area (Å²) in [4.78, 5) is 0. The Kier molecular flexibility index (Phi) is 4.85. The normalized spacial score (nSPS) is 21.3. The van der Waals surface area contributed by atoms with Crippen molar-refractivity contribution in [1.29, 1.82) is 0 Å². The van der Waals surface area contributed by atoms with Gasteiger partial charge in [-0.05, 0) is 29.7 Å². The molecule has 2 rings (SSSR count). The van der Waals surface area contributed by atoms with Crippen LogP contribution in [0.4, 0.5) is 0 Å². The Balaban J connectivity index is 1.86. The maximum atomic E-state index is 3.29. The highest BCUT2D eigenvalue weighted by Gasteiger charge is 2.25. The van der Waals surface area contributed by atoms with Crippen molar-refractivity contribution in [3.8, 4) is 11.8 Å². The first-order valence-electron chi connectivity index (χ1n) is 7.52. The van der Waals surface area contributed by atoms with Crippen molar-refractivity contribution in [2.75, 3.05) is 0 Å². The first kappa shape index (κ1) is 14.7. The highest BCUT2D eigenvalue weighted by atomic mass is 14.3. The third kappa shape index (κ3) is 3.87. The van der Waals surface area contributed by atoms with Gasteiger partial charge in [-0.3, -0.25) is 0 Å². The zero-order valence-corrected chi connectivity index (χ0v) is 12.8. The van der Waals surface area contributed by atoms with E-state index >= 15 is 0 Å². The Morgan fingerprint density at radius 3 is 2.55 bits per heavy atom. The third-order valence-corrected chi connectivity index (χ3v) is 4.34. The molecule has 1 unspecified atom stereocenters. The molecule has 0 N–H and O–H groups in total. The maximum absolute atomic E-state index is 3.29. The van der Waals surface area contributed by atoms with Gasteiger partial charge in [-0.15, -0.1) is 0 Å². The number of hydrogen-bond acceptors (Lipinski definition) is 0. The lowest BCUT2D eigenvalue weighted by molar-refractivity contribution is 0.298.